The Morgan fingerprint density at radius 2 is 1.78 bits per heavy atom. The van der Waals surface area contributed by atoms with E-state index in [1.165, 1.54) is 17.7 Å². The third-order valence-corrected chi connectivity index (χ3v) is 6.94. The van der Waals surface area contributed by atoms with Gasteiger partial charge in [0.2, 0.25) is 11.8 Å². The van der Waals surface area contributed by atoms with E-state index in [1.54, 1.807) is 44.4 Å². The number of carbonyl (C=O) groups excluding carboxylic acids is 4. The van der Waals surface area contributed by atoms with Gasteiger partial charge in [0.25, 0.3) is 5.91 Å². The third kappa shape index (κ3) is 5.51. The third-order valence-electron chi connectivity index (χ3n) is 6.94. The molecule has 5 rings (SSSR count). The number of ketones is 1. The van der Waals surface area contributed by atoms with E-state index in [9.17, 15) is 23.6 Å². The molecule has 2 atom stereocenters. The Bertz CT molecular complexity index is 1700. The zero-order chi connectivity index (χ0) is 29.4. The van der Waals surface area contributed by atoms with Crippen LogP contribution in [0.25, 0.3) is 22.0 Å². The van der Waals surface area contributed by atoms with Gasteiger partial charge in [-0.3, -0.25) is 23.9 Å². The normalized spacial score (nSPS) is 16.6. The van der Waals surface area contributed by atoms with Crippen LogP contribution in [0.3, 0.4) is 0 Å². The van der Waals surface area contributed by atoms with Gasteiger partial charge in [0.15, 0.2) is 5.78 Å². The number of nitrogens with two attached hydrogens (primary N) is 1. The van der Waals surface area contributed by atoms with Crippen molar-refractivity contribution >= 4 is 40.2 Å². The van der Waals surface area contributed by atoms with Crippen LogP contribution in [-0.2, 0) is 16.1 Å². The van der Waals surface area contributed by atoms with Crippen LogP contribution in [0.2, 0.25) is 0 Å². The molecular weight excluding hydrogens is 531 g/mol. The van der Waals surface area contributed by atoms with Crippen molar-refractivity contribution in [1.82, 2.24) is 29.6 Å². The maximum atomic E-state index is 14.5. The SMILES string of the molecule is CC(=O)c1nn(CC(=O)N2C[C@H](F)C[C@H]2C(=O)Nc2ccc(C)c(C(N)=O)n2)c2ccc(-c3cnc(C)nc3)cc12. The molecule has 0 saturated carbocycles. The van der Waals surface area contributed by atoms with Crippen molar-refractivity contribution in [3.63, 3.8) is 0 Å². The Morgan fingerprint density at radius 3 is 2.46 bits per heavy atom. The van der Waals surface area contributed by atoms with Crippen LogP contribution in [0.5, 0.6) is 0 Å². The zero-order valence-electron chi connectivity index (χ0n) is 22.6. The number of alkyl halides is 1. The number of benzene rings is 1. The minimum absolute atomic E-state index is 0.00424. The molecule has 1 aromatic carbocycles. The number of nitrogens with zero attached hydrogens (tertiary/aromatic N) is 6. The summed E-state index contributed by atoms with van der Waals surface area (Å²) in [5.41, 5.74) is 8.10. The second-order valence-electron chi connectivity index (χ2n) is 9.92. The number of rotatable bonds is 7. The number of pyridine rings is 1. The molecule has 1 aliphatic heterocycles. The molecule has 12 nitrogen and oxygen atoms in total. The van der Waals surface area contributed by atoms with Crippen molar-refractivity contribution in [2.75, 3.05) is 11.9 Å². The lowest BCUT2D eigenvalue weighted by atomic mass is 10.0. The maximum Gasteiger partial charge on any atom is 0.267 e. The molecule has 1 fully saturated rings. The number of aromatic nitrogens is 5. The Morgan fingerprint density at radius 1 is 1.05 bits per heavy atom. The Labute approximate surface area is 233 Å². The number of Topliss-reactive ketones (excluding diaryl/α,β-unsaturated/α-hetero) is 1. The number of amides is 3. The molecule has 4 aromatic rings. The molecule has 13 heteroatoms. The second-order valence-corrected chi connectivity index (χ2v) is 9.92. The first-order chi connectivity index (χ1) is 19.5. The number of fused-ring (bicyclic) bond motifs is 1. The fourth-order valence-electron chi connectivity index (χ4n) is 4.87. The van der Waals surface area contributed by atoms with Gasteiger partial charge in [-0.1, -0.05) is 12.1 Å². The maximum absolute atomic E-state index is 14.5. The first kappa shape index (κ1) is 27.5. The number of nitrogens with one attached hydrogen (secondary N) is 1. The standard InChI is InChI=1S/C28H27FN8O4/c1-14-4-7-23(33-25(14)27(30)40)34-28(41)22-9-19(29)12-36(22)24(39)13-37-21-6-5-17(18-10-31-16(3)32-11-18)8-20(21)26(35-37)15(2)38/h4-8,10-11,19,22H,9,12-13H2,1-3H3,(H2,30,40)(H,33,34,41)/t19-,22+/m1/s1. The van der Waals surface area contributed by atoms with Gasteiger partial charge in [0, 0.05) is 36.7 Å². The molecule has 3 N–H and O–H groups in total. The number of hydrogen-bond donors (Lipinski definition) is 2. The molecule has 1 aliphatic rings. The largest absolute Gasteiger partial charge is 0.364 e. The Kier molecular flexibility index (Phi) is 7.26. The predicted octanol–water partition coefficient (Wildman–Crippen LogP) is 2.38. The molecule has 0 aliphatic carbocycles. The van der Waals surface area contributed by atoms with Crippen LogP contribution in [0.1, 0.15) is 45.7 Å². The summed E-state index contributed by atoms with van der Waals surface area (Å²) in [4.78, 5) is 64.2. The molecule has 0 unspecified atom stereocenters. The molecular formula is C28H27FN8O4. The molecule has 1 saturated heterocycles. The number of primary amides is 1. The van der Waals surface area contributed by atoms with Crippen molar-refractivity contribution in [1.29, 1.82) is 0 Å². The quantitative estimate of drug-likeness (QED) is 0.326. The van der Waals surface area contributed by atoms with Gasteiger partial charge in [-0.2, -0.15) is 5.10 Å². The monoisotopic (exact) mass is 558 g/mol. The van der Waals surface area contributed by atoms with Crippen molar-refractivity contribution < 1.29 is 23.6 Å². The van der Waals surface area contributed by atoms with Crippen molar-refractivity contribution in [2.24, 2.45) is 5.73 Å². The summed E-state index contributed by atoms with van der Waals surface area (Å²) in [6.07, 6.45) is 1.74. The van der Waals surface area contributed by atoms with Gasteiger partial charge in [0.1, 0.15) is 41.8 Å². The molecule has 0 spiro atoms. The minimum Gasteiger partial charge on any atom is -0.364 e. The predicted molar refractivity (Wildman–Crippen MR) is 147 cm³/mol. The van der Waals surface area contributed by atoms with Gasteiger partial charge < -0.3 is 16.0 Å². The molecule has 3 amide bonds. The number of halogens is 1. The molecule has 0 bridgehead atoms. The van der Waals surface area contributed by atoms with Crippen LogP contribution in [0, 0.1) is 13.8 Å². The smallest absolute Gasteiger partial charge is 0.267 e. The van der Waals surface area contributed by atoms with Gasteiger partial charge in [-0.25, -0.2) is 19.3 Å². The number of anilines is 1. The summed E-state index contributed by atoms with van der Waals surface area (Å²) in [6.45, 7) is 4.22. The molecule has 3 aromatic heterocycles. The van der Waals surface area contributed by atoms with Crippen molar-refractivity contribution in [3.05, 3.63) is 65.5 Å². The van der Waals surface area contributed by atoms with E-state index >= 15 is 0 Å². The minimum atomic E-state index is -1.41. The van der Waals surface area contributed by atoms with E-state index < -0.39 is 29.9 Å². The first-order valence-electron chi connectivity index (χ1n) is 12.8. The first-order valence-corrected chi connectivity index (χ1v) is 12.8. The fraction of sp³-hybridized carbons (Fsp3) is 0.286. The summed E-state index contributed by atoms with van der Waals surface area (Å²) < 4.78 is 15.9. The van der Waals surface area contributed by atoms with Gasteiger partial charge >= 0.3 is 0 Å². The number of hydrogen-bond acceptors (Lipinski definition) is 8. The van der Waals surface area contributed by atoms with E-state index in [1.807, 2.05) is 6.07 Å². The highest BCUT2D eigenvalue weighted by atomic mass is 19.1. The lowest BCUT2D eigenvalue weighted by Crippen LogP contribution is -2.44. The highest BCUT2D eigenvalue weighted by Gasteiger charge is 2.40. The van der Waals surface area contributed by atoms with Crippen LogP contribution < -0.4 is 11.1 Å². The van der Waals surface area contributed by atoms with Gasteiger partial charge in [-0.05, 0) is 43.2 Å². The molecule has 210 valence electrons. The average molecular weight is 559 g/mol. The Balaban J connectivity index is 1.39. The second kappa shape index (κ2) is 10.8. The van der Waals surface area contributed by atoms with Crippen LogP contribution in [-0.4, -0.2) is 71.9 Å². The molecule has 0 radical (unpaired) electrons. The van der Waals surface area contributed by atoms with Crippen molar-refractivity contribution in [3.8, 4) is 11.1 Å². The van der Waals surface area contributed by atoms with Gasteiger partial charge in [-0.15, -0.1) is 0 Å². The summed E-state index contributed by atoms with van der Waals surface area (Å²) in [5, 5.41) is 7.47. The van der Waals surface area contributed by atoms with Crippen LogP contribution >= 0.6 is 0 Å². The lowest BCUT2D eigenvalue weighted by Gasteiger charge is -2.23. The van der Waals surface area contributed by atoms with Crippen LogP contribution in [0.4, 0.5) is 10.2 Å². The highest BCUT2D eigenvalue weighted by Crippen LogP contribution is 2.28. The van der Waals surface area contributed by atoms with Gasteiger partial charge in [0.05, 0.1) is 12.1 Å². The zero-order valence-corrected chi connectivity index (χ0v) is 22.6. The van der Waals surface area contributed by atoms with Crippen LogP contribution in [0.15, 0.2) is 42.7 Å². The topological polar surface area (TPSA) is 166 Å². The van der Waals surface area contributed by atoms with E-state index in [2.05, 4.69) is 25.4 Å². The van der Waals surface area contributed by atoms with E-state index in [-0.39, 0.29) is 42.5 Å². The van der Waals surface area contributed by atoms with E-state index in [0.717, 1.165) is 16.0 Å². The van der Waals surface area contributed by atoms with Crippen molar-refractivity contribution in [2.45, 2.75) is 46.0 Å². The van der Waals surface area contributed by atoms with E-state index in [4.69, 9.17) is 5.73 Å². The number of likely N-dealkylation sites (tertiary alicyclic amines) is 1. The number of aryl methyl sites for hydroxylation is 2. The fourth-order valence-corrected chi connectivity index (χ4v) is 4.87. The van der Waals surface area contributed by atoms with E-state index in [0.29, 0.717) is 22.3 Å². The lowest BCUT2D eigenvalue weighted by molar-refractivity contribution is -0.137. The summed E-state index contributed by atoms with van der Waals surface area (Å²) in [6, 6.07) is 7.28. The summed E-state index contributed by atoms with van der Waals surface area (Å²) in [5.74, 6) is -1.55. The highest BCUT2D eigenvalue weighted by molar-refractivity contribution is 6.06. The Hall–Kier alpha value is -5.07. The molecule has 4 heterocycles. The molecule has 41 heavy (non-hydrogen) atoms. The summed E-state index contributed by atoms with van der Waals surface area (Å²) in [7, 11) is 0. The number of carbonyl (C=O) groups is 4. The average Bonchev–Trinajstić information content (AvgIpc) is 3.50. The summed E-state index contributed by atoms with van der Waals surface area (Å²) >= 11 is 0.